The van der Waals surface area contributed by atoms with E-state index in [2.05, 4.69) is 4.74 Å². The van der Waals surface area contributed by atoms with Crippen molar-refractivity contribution in [3.63, 3.8) is 0 Å². The molecule has 0 saturated carbocycles. The quantitative estimate of drug-likeness (QED) is 0.294. The Morgan fingerprint density at radius 3 is 1.16 bits per heavy atom. The number of hydrogen-bond donors (Lipinski definition) is 2. The minimum absolute atomic E-state index is 0.0508. The van der Waals surface area contributed by atoms with Gasteiger partial charge < -0.3 is 19.5 Å². The largest absolute Gasteiger partial charge is 0.744 e. The number of allylic oxidation sites excluding steroid dienone is 1. The molecule has 0 heterocycles. The van der Waals surface area contributed by atoms with Crippen LogP contribution >= 0.6 is 0 Å². The van der Waals surface area contributed by atoms with Crippen LogP contribution in [0.4, 0.5) is 65.9 Å². The maximum absolute atomic E-state index is 13.5. The van der Waals surface area contributed by atoms with Crippen LogP contribution in [0.5, 0.6) is 5.75 Å². The molecule has 0 aliphatic heterocycles. The molecule has 1 aromatic rings. The second-order valence-corrected chi connectivity index (χ2v) is 8.02. The average Bonchev–Trinajstić information content (AvgIpc) is 2.62. The summed E-state index contributed by atoms with van der Waals surface area (Å²) in [6.45, 7) is 0. The highest BCUT2D eigenvalue weighted by molar-refractivity contribution is 7.85. The van der Waals surface area contributed by atoms with Crippen molar-refractivity contribution in [3.8, 4) is 5.75 Å². The van der Waals surface area contributed by atoms with Crippen molar-refractivity contribution in [2.75, 3.05) is 0 Å². The molecule has 0 aliphatic carbocycles. The number of hydrogen-bond acceptors (Lipinski definition) is 6. The third kappa shape index (κ3) is 5.85. The third-order valence-electron chi connectivity index (χ3n) is 4.18. The summed E-state index contributed by atoms with van der Waals surface area (Å²) in [7, 11) is -5.43. The zero-order chi connectivity index (χ0) is 29.8. The van der Waals surface area contributed by atoms with Crippen molar-refractivity contribution in [2.45, 2.75) is 47.0 Å². The number of halogens is 15. The summed E-state index contributed by atoms with van der Waals surface area (Å²) in [5.74, 6) is -6.38. The monoisotopic (exact) mass is 599 g/mol. The van der Waals surface area contributed by atoms with Gasteiger partial charge in [0, 0.05) is 0 Å². The molecule has 0 fully saturated rings. The lowest BCUT2D eigenvalue weighted by molar-refractivity contribution is -0.394. The van der Waals surface area contributed by atoms with Crippen molar-refractivity contribution in [1.29, 1.82) is 0 Å². The van der Waals surface area contributed by atoms with Gasteiger partial charge in [-0.15, -0.1) is 0 Å². The molecule has 37 heavy (non-hydrogen) atoms. The Bertz CT molecular complexity index is 1050. The Kier molecular flexibility index (Phi) is 7.99. The predicted octanol–water partition coefficient (Wildman–Crippen LogP) is 4.50. The number of ether oxygens (including phenoxy) is 1. The zero-order valence-corrected chi connectivity index (χ0v) is 17.2. The minimum atomic E-state index is -7.86. The van der Waals surface area contributed by atoms with Crippen LogP contribution in [0.3, 0.4) is 0 Å². The first-order chi connectivity index (χ1) is 15.9. The van der Waals surface area contributed by atoms with Crippen molar-refractivity contribution in [2.24, 2.45) is 0 Å². The lowest BCUT2D eigenvalue weighted by Crippen LogP contribution is -2.70. The summed E-state index contributed by atoms with van der Waals surface area (Å²) in [6.07, 6.45) is -38.6. The topological polar surface area (TPSA) is 107 Å². The molecule has 0 aliphatic rings. The van der Waals surface area contributed by atoms with Gasteiger partial charge in [-0.2, -0.15) is 65.9 Å². The molecule has 0 amide bonds. The normalized spacial score (nSPS) is 15.0. The van der Waals surface area contributed by atoms with E-state index in [9.17, 15) is 89.0 Å². The molecule has 1 rings (SSSR count). The molecule has 1 aromatic carbocycles. The molecule has 0 saturated heterocycles. The van der Waals surface area contributed by atoms with E-state index in [0.717, 1.165) is 0 Å². The first kappa shape index (κ1) is 32.6. The number of alkyl halides is 15. The maximum Gasteiger partial charge on any atom is 0.449 e. The van der Waals surface area contributed by atoms with E-state index in [4.69, 9.17) is 0 Å². The predicted molar refractivity (Wildman–Crippen MR) is 82.2 cm³/mol. The molecule has 22 heteroatoms. The van der Waals surface area contributed by atoms with Gasteiger partial charge >= 0.3 is 30.9 Å². The first-order valence-electron chi connectivity index (χ1n) is 8.22. The van der Waals surface area contributed by atoms with E-state index >= 15 is 0 Å². The molecule has 0 aromatic heterocycles. The Morgan fingerprint density at radius 2 is 0.946 bits per heavy atom. The highest BCUT2D eigenvalue weighted by atomic mass is 32.2. The second-order valence-electron chi connectivity index (χ2n) is 6.64. The molecule has 0 atom stereocenters. The van der Waals surface area contributed by atoms with E-state index < -0.39 is 74.2 Å². The van der Waals surface area contributed by atoms with Gasteiger partial charge in [0.15, 0.2) is 0 Å². The number of aliphatic hydroxyl groups is 2. The van der Waals surface area contributed by atoms with Gasteiger partial charge in [0.2, 0.25) is 5.76 Å². The molecular formula is C15H6F15O6S-. The van der Waals surface area contributed by atoms with E-state index in [0.29, 0.717) is 0 Å². The molecule has 0 radical (unpaired) electrons. The van der Waals surface area contributed by atoms with Gasteiger partial charge in [0.25, 0.3) is 11.2 Å². The second kappa shape index (κ2) is 9.08. The fraction of sp³-hybridized carbons (Fsp3) is 0.467. The van der Waals surface area contributed by atoms with Crippen LogP contribution in [0, 0.1) is 0 Å². The minimum Gasteiger partial charge on any atom is -0.744 e. The zero-order valence-electron chi connectivity index (χ0n) is 16.4. The Labute approximate surface area is 193 Å². The lowest BCUT2D eigenvalue weighted by atomic mass is 9.77. The van der Waals surface area contributed by atoms with Gasteiger partial charge in [-0.25, -0.2) is 8.42 Å². The Hall–Kier alpha value is -2.46. The summed E-state index contributed by atoms with van der Waals surface area (Å²) < 4.78 is 235. The van der Waals surface area contributed by atoms with Crippen LogP contribution in [-0.4, -0.2) is 65.3 Å². The summed E-state index contributed by atoms with van der Waals surface area (Å²) in [6, 6.07) is -0.501. The Balaban J connectivity index is 4.45. The molecule has 0 spiro atoms. The van der Waals surface area contributed by atoms with Gasteiger partial charge in [0.1, 0.15) is 15.9 Å². The van der Waals surface area contributed by atoms with Crippen LogP contribution < -0.4 is 4.74 Å². The Morgan fingerprint density at radius 1 is 0.649 bits per heavy atom. The van der Waals surface area contributed by atoms with Gasteiger partial charge in [-0.05, 0) is 24.3 Å². The van der Waals surface area contributed by atoms with E-state index in [1.165, 1.54) is 0 Å². The molecule has 0 unspecified atom stereocenters. The van der Waals surface area contributed by atoms with E-state index in [1.807, 2.05) is 0 Å². The molecule has 214 valence electrons. The standard InChI is InChI=1S/C15H7F15O6S/c16-11(17,18)8(36-5-1-3-6(4-2-5)37(33,34)35)7(9(31,12(19,20)21)13(22,23)24)10(32,14(25,26)27)15(28,29)30/h1-4,31-32H,(H,33,34,35)/p-1. The van der Waals surface area contributed by atoms with E-state index in [-0.39, 0.29) is 24.3 Å². The lowest BCUT2D eigenvalue weighted by Gasteiger charge is -2.43. The van der Waals surface area contributed by atoms with Crippen LogP contribution in [0.25, 0.3) is 0 Å². The average molecular weight is 599 g/mol. The fourth-order valence-corrected chi connectivity index (χ4v) is 2.99. The van der Waals surface area contributed by atoms with Gasteiger partial charge in [0.05, 0.1) is 10.5 Å². The summed E-state index contributed by atoms with van der Waals surface area (Å²) in [5.41, 5.74) is -20.7. The molecule has 2 N–H and O–H groups in total. The van der Waals surface area contributed by atoms with Crippen molar-refractivity contribution in [3.05, 3.63) is 35.6 Å². The van der Waals surface area contributed by atoms with E-state index in [1.54, 1.807) is 0 Å². The highest BCUT2D eigenvalue weighted by Crippen LogP contribution is 2.59. The summed E-state index contributed by atoms with van der Waals surface area (Å²) in [4.78, 5) is -1.36. The SMILES string of the molecule is O=S(=O)([O-])c1ccc(OC(=C(C(O)(C(F)(F)F)C(F)(F)F)C(O)(C(F)(F)F)C(F)(F)F)C(F)(F)F)cc1. The molecule has 0 bridgehead atoms. The molecular weight excluding hydrogens is 593 g/mol. The summed E-state index contributed by atoms with van der Waals surface area (Å²) >= 11 is 0. The molecule has 6 nitrogen and oxygen atoms in total. The first-order valence-corrected chi connectivity index (χ1v) is 9.62. The van der Waals surface area contributed by atoms with Gasteiger partial charge in [-0.3, -0.25) is 0 Å². The van der Waals surface area contributed by atoms with Crippen molar-refractivity contribution >= 4 is 10.1 Å². The van der Waals surface area contributed by atoms with Crippen LogP contribution in [0.15, 0.2) is 40.5 Å². The van der Waals surface area contributed by atoms with Crippen LogP contribution in [0.2, 0.25) is 0 Å². The summed E-state index contributed by atoms with van der Waals surface area (Å²) in [5, 5.41) is 18.4. The maximum atomic E-state index is 13.5. The van der Waals surface area contributed by atoms with Crippen molar-refractivity contribution in [1.82, 2.24) is 0 Å². The van der Waals surface area contributed by atoms with Crippen LogP contribution in [-0.2, 0) is 10.1 Å². The third-order valence-corrected chi connectivity index (χ3v) is 5.03. The van der Waals surface area contributed by atoms with Crippen molar-refractivity contribution < 1.29 is 93.8 Å². The fourth-order valence-electron chi connectivity index (χ4n) is 2.52. The van der Waals surface area contributed by atoms with Crippen LogP contribution in [0.1, 0.15) is 0 Å². The smallest absolute Gasteiger partial charge is 0.449 e. The number of rotatable bonds is 5. The van der Waals surface area contributed by atoms with Gasteiger partial charge in [-0.1, -0.05) is 0 Å². The highest BCUT2D eigenvalue weighted by Gasteiger charge is 2.85. The number of benzene rings is 1.